The van der Waals surface area contributed by atoms with E-state index in [4.69, 9.17) is 21.2 Å². The number of carbonyl (C=O) groups is 2. The van der Waals surface area contributed by atoms with Crippen LogP contribution in [0.3, 0.4) is 0 Å². The van der Waals surface area contributed by atoms with Crippen molar-refractivity contribution in [2.45, 2.75) is 13.0 Å². The van der Waals surface area contributed by atoms with Gasteiger partial charge in [0.2, 0.25) is 0 Å². The van der Waals surface area contributed by atoms with E-state index >= 15 is 0 Å². The number of fused-ring (bicyclic) bond motifs is 1. The van der Waals surface area contributed by atoms with Gasteiger partial charge >= 0.3 is 5.97 Å². The van der Waals surface area contributed by atoms with Crippen LogP contribution < -0.4 is 0 Å². The molecule has 0 fully saturated rings. The number of carboxylic acid groups (broad SMARTS) is 1. The predicted molar refractivity (Wildman–Crippen MR) is 73.4 cm³/mol. The first-order valence-electron chi connectivity index (χ1n) is 6.32. The van der Waals surface area contributed by atoms with Crippen molar-refractivity contribution in [2.24, 2.45) is 0 Å². The highest BCUT2D eigenvalue weighted by Crippen LogP contribution is 2.25. The van der Waals surface area contributed by atoms with Crippen LogP contribution in [0.1, 0.15) is 32.2 Å². The number of rotatable bonds is 2. The average molecular weight is 307 g/mol. The topological polar surface area (TPSA) is 83.6 Å². The van der Waals surface area contributed by atoms with E-state index in [1.54, 1.807) is 29.2 Å². The Labute approximate surface area is 124 Å². The molecule has 0 saturated heterocycles. The summed E-state index contributed by atoms with van der Waals surface area (Å²) < 4.78 is 5.01. The van der Waals surface area contributed by atoms with Crippen molar-refractivity contribution < 1.29 is 19.2 Å². The largest absolute Gasteiger partial charge is 0.476 e. The van der Waals surface area contributed by atoms with E-state index < -0.39 is 5.97 Å². The maximum Gasteiger partial charge on any atom is 0.358 e. The molecule has 1 aliphatic heterocycles. The molecule has 2 heterocycles. The minimum Gasteiger partial charge on any atom is -0.476 e. The Bertz CT molecular complexity index is 726. The molecule has 1 aromatic carbocycles. The van der Waals surface area contributed by atoms with Gasteiger partial charge in [0.05, 0.1) is 17.1 Å². The van der Waals surface area contributed by atoms with Gasteiger partial charge in [0.15, 0.2) is 5.69 Å². The van der Waals surface area contributed by atoms with E-state index in [1.165, 1.54) is 0 Å². The molecule has 21 heavy (non-hydrogen) atoms. The van der Waals surface area contributed by atoms with Gasteiger partial charge < -0.3 is 14.5 Å². The molecular weight excluding hydrogens is 296 g/mol. The molecule has 0 atom stereocenters. The first kappa shape index (κ1) is 13.6. The molecule has 1 aromatic heterocycles. The summed E-state index contributed by atoms with van der Waals surface area (Å²) in [7, 11) is 0. The van der Waals surface area contributed by atoms with E-state index in [0.717, 1.165) is 0 Å². The lowest BCUT2D eigenvalue weighted by molar-refractivity contribution is 0.0673. The van der Waals surface area contributed by atoms with Crippen molar-refractivity contribution in [2.75, 3.05) is 6.54 Å². The van der Waals surface area contributed by atoms with Crippen LogP contribution in [0.4, 0.5) is 0 Å². The fraction of sp³-hybridized carbons (Fsp3) is 0.214. The third-order valence-corrected chi connectivity index (χ3v) is 3.75. The molecule has 0 aliphatic carbocycles. The summed E-state index contributed by atoms with van der Waals surface area (Å²) in [5.74, 6) is -0.869. The van der Waals surface area contributed by atoms with Crippen LogP contribution in [0, 0.1) is 0 Å². The highest BCUT2D eigenvalue weighted by molar-refractivity contribution is 6.33. The van der Waals surface area contributed by atoms with Crippen LogP contribution >= 0.6 is 11.6 Å². The smallest absolute Gasteiger partial charge is 0.358 e. The lowest BCUT2D eigenvalue weighted by Crippen LogP contribution is -2.36. The number of aromatic carboxylic acids is 1. The van der Waals surface area contributed by atoms with E-state index in [2.05, 4.69) is 5.16 Å². The highest BCUT2D eigenvalue weighted by Gasteiger charge is 2.30. The Morgan fingerprint density at radius 2 is 2.10 bits per heavy atom. The van der Waals surface area contributed by atoms with E-state index in [1.807, 2.05) is 0 Å². The number of halogens is 1. The molecule has 3 rings (SSSR count). The molecule has 2 aromatic rings. The van der Waals surface area contributed by atoms with Crippen molar-refractivity contribution in [3.05, 3.63) is 51.9 Å². The predicted octanol–water partition coefficient (Wildman–Crippen LogP) is 2.22. The maximum atomic E-state index is 12.5. The number of nitrogens with zero attached hydrogens (tertiary/aromatic N) is 2. The number of amides is 1. The van der Waals surface area contributed by atoms with Crippen molar-refractivity contribution in [3.63, 3.8) is 0 Å². The van der Waals surface area contributed by atoms with Gasteiger partial charge in [0.1, 0.15) is 5.76 Å². The van der Waals surface area contributed by atoms with Gasteiger partial charge in [-0.3, -0.25) is 4.79 Å². The standard InChI is InChI=1S/C14H11ClN2O4/c15-10-4-2-1-3-8(10)13(18)17-6-5-11-9(7-17)12(14(19)20)16-21-11/h1-4H,5-7H2,(H,19,20). The lowest BCUT2D eigenvalue weighted by Gasteiger charge is -2.26. The quantitative estimate of drug-likeness (QED) is 0.919. The van der Waals surface area contributed by atoms with Crippen LogP contribution in [0.25, 0.3) is 0 Å². The van der Waals surface area contributed by atoms with E-state index in [-0.39, 0.29) is 18.1 Å². The van der Waals surface area contributed by atoms with Crippen LogP contribution in [0.5, 0.6) is 0 Å². The summed E-state index contributed by atoms with van der Waals surface area (Å²) in [5.41, 5.74) is 0.715. The van der Waals surface area contributed by atoms with Crippen molar-refractivity contribution in [1.82, 2.24) is 10.1 Å². The number of carboxylic acids is 1. The molecule has 1 amide bonds. The Morgan fingerprint density at radius 1 is 1.33 bits per heavy atom. The molecule has 1 aliphatic rings. The third kappa shape index (κ3) is 2.38. The monoisotopic (exact) mass is 306 g/mol. The summed E-state index contributed by atoms with van der Waals surface area (Å²) in [6.45, 7) is 0.593. The van der Waals surface area contributed by atoms with E-state index in [9.17, 15) is 9.59 Å². The second-order valence-corrected chi connectivity index (χ2v) is 5.10. The minimum atomic E-state index is -1.16. The summed E-state index contributed by atoms with van der Waals surface area (Å²) in [6.07, 6.45) is 0.436. The normalized spacial score (nSPS) is 13.9. The molecule has 0 unspecified atom stereocenters. The number of carbonyl (C=O) groups excluding carboxylic acids is 1. The summed E-state index contributed by atoms with van der Waals surface area (Å²) in [6, 6.07) is 6.77. The van der Waals surface area contributed by atoms with Gasteiger partial charge in [-0.2, -0.15) is 0 Å². The second kappa shape index (κ2) is 5.21. The van der Waals surface area contributed by atoms with Crippen molar-refractivity contribution in [3.8, 4) is 0 Å². The average Bonchev–Trinajstić information content (AvgIpc) is 2.90. The molecule has 7 heteroatoms. The number of benzene rings is 1. The summed E-state index contributed by atoms with van der Waals surface area (Å²) >= 11 is 6.03. The fourth-order valence-corrected chi connectivity index (χ4v) is 2.57. The second-order valence-electron chi connectivity index (χ2n) is 4.69. The van der Waals surface area contributed by atoms with Crippen LogP contribution in [0.2, 0.25) is 5.02 Å². The first-order chi connectivity index (χ1) is 10.1. The molecular formula is C14H11ClN2O4. The van der Waals surface area contributed by atoms with Gasteiger partial charge in [-0.15, -0.1) is 0 Å². The first-order valence-corrected chi connectivity index (χ1v) is 6.70. The number of aromatic nitrogens is 1. The SMILES string of the molecule is O=C(O)c1noc2c1CN(C(=O)c1ccccc1Cl)CC2. The Balaban J connectivity index is 1.89. The Morgan fingerprint density at radius 3 is 2.81 bits per heavy atom. The Kier molecular flexibility index (Phi) is 3.39. The maximum absolute atomic E-state index is 12.5. The number of hydrogen-bond donors (Lipinski definition) is 1. The molecule has 108 valence electrons. The zero-order chi connectivity index (χ0) is 15.0. The minimum absolute atomic E-state index is 0.137. The van der Waals surface area contributed by atoms with Gasteiger partial charge in [-0.25, -0.2) is 4.79 Å². The molecule has 1 N–H and O–H groups in total. The Hall–Kier alpha value is -2.34. The molecule has 0 radical (unpaired) electrons. The summed E-state index contributed by atoms with van der Waals surface area (Å²) in [4.78, 5) is 25.1. The zero-order valence-corrected chi connectivity index (χ0v) is 11.6. The molecule has 6 nitrogen and oxygen atoms in total. The molecule has 0 spiro atoms. The fourth-order valence-electron chi connectivity index (χ4n) is 2.36. The van der Waals surface area contributed by atoms with Crippen LogP contribution in [0.15, 0.2) is 28.8 Å². The lowest BCUT2D eigenvalue weighted by atomic mass is 10.0. The van der Waals surface area contributed by atoms with Gasteiger partial charge in [0.25, 0.3) is 5.91 Å². The van der Waals surface area contributed by atoms with Crippen molar-refractivity contribution in [1.29, 1.82) is 0 Å². The van der Waals surface area contributed by atoms with Gasteiger partial charge in [-0.05, 0) is 12.1 Å². The van der Waals surface area contributed by atoms with E-state index in [0.29, 0.717) is 34.9 Å². The van der Waals surface area contributed by atoms with Crippen LogP contribution in [-0.2, 0) is 13.0 Å². The molecule has 0 saturated carbocycles. The third-order valence-electron chi connectivity index (χ3n) is 3.42. The van der Waals surface area contributed by atoms with Crippen molar-refractivity contribution >= 4 is 23.5 Å². The van der Waals surface area contributed by atoms with Crippen LogP contribution in [-0.4, -0.2) is 33.6 Å². The van der Waals surface area contributed by atoms with Gasteiger partial charge in [-0.1, -0.05) is 28.9 Å². The molecule has 0 bridgehead atoms. The summed E-state index contributed by atoms with van der Waals surface area (Å²) in [5, 5.41) is 13.0. The van der Waals surface area contributed by atoms with Gasteiger partial charge in [0, 0.05) is 18.5 Å². The number of hydrogen-bond acceptors (Lipinski definition) is 4. The zero-order valence-electron chi connectivity index (χ0n) is 10.9. The highest BCUT2D eigenvalue weighted by atomic mass is 35.5.